The second kappa shape index (κ2) is 3.20. The zero-order valence-corrected chi connectivity index (χ0v) is 8.95. The molecule has 0 saturated carbocycles. The van der Waals surface area contributed by atoms with E-state index in [0.29, 0.717) is 0 Å². The van der Waals surface area contributed by atoms with Crippen molar-refractivity contribution in [2.45, 2.75) is 38.8 Å². The van der Waals surface area contributed by atoms with Crippen LogP contribution in [0.4, 0.5) is 0 Å². The van der Waals surface area contributed by atoms with E-state index in [-0.39, 0.29) is 11.5 Å². The molecule has 3 N–H and O–H groups in total. The minimum absolute atomic E-state index is 0.000347. The molecule has 1 fully saturated rings. The maximum atomic E-state index is 10.1. The Bertz CT molecular complexity index is 158. The standard InChI is InChI=1S/C9H19NOS/c1-8(2,3)7(10)9(11)4-5-12-6-9/h7,11H,4-6,10H2,1-3H3. The van der Waals surface area contributed by atoms with Gasteiger partial charge in [-0.25, -0.2) is 0 Å². The van der Waals surface area contributed by atoms with Crippen molar-refractivity contribution in [3.05, 3.63) is 0 Å². The number of aliphatic hydroxyl groups is 1. The van der Waals surface area contributed by atoms with Gasteiger partial charge in [-0.1, -0.05) is 20.8 Å². The van der Waals surface area contributed by atoms with E-state index in [1.807, 2.05) is 0 Å². The predicted molar refractivity (Wildman–Crippen MR) is 54.3 cm³/mol. The third kappa shape index (κ3) is 1.95. The molecule has 1 aliphatic rings. The van der Waals surface area contributed by atoms with E-state index in [1.165, 1.54) is 0 Å². The van der Waals surface area contributed by atoms with E-state index >= 15 is 0 Å². The summed E-state index contributed by atoms with van der Waals surface area (Å²) in [6.07, 6.45) is 0.843. The Morgan fingerprint density at radius 1 is 1.50 bits per heavy atom. The summed E-state index contributed by atoms with van der Waals surface area (Å²) < 4.78 is 0. The molecule has 12 heavy (non-hydrogen) atoms. The number of rotatable bonds is 1. The molecule has 2 unspecified atom stereocenters. The van der Waals surface area contributed by atoms with Crippen LogP contribution in [-0.4, -0.2) is 28.3 Å². The highest BCUT2D eigenvalue weighted by Crippen LogP contribution is 2.36. The van der Waals surface area contributed by atoms with Crippen molar-refractivity contribution in [3.8, 4) is 0 Å². The van der Waals surface area contributed by atoms with Gasteiger partial charge in [-0.05, 0) is 17.6 Å². The third-order valence-corrected chi connectivity index (χ3v) is 3.74. The number of hydrogen-bond acceptors (Lipinski definition) is 3. The fourth-order valence-electron chi connectivity index (χ4n) is 1.62. The molecule has 3 heteroatoms. The molecule has 2 nitrogen and oxygen atoms in total. The second-order valence-electron chi connectivity index (χ2n) is 4.75. The second-order valence-corrected chi connectivity index (χ2v) is 5.86. The lowest BCUT2D eigenvalue weighted by atomic mass is 9.76. The van der Waals surface area contributed by atoms with E-state index in [2.05, 4.69) is 20.8 Å². The van der Waals surface area contributed by atoms with Gasteiger partial charge in [0, 0.05) is 11.8 Å². The number of hydrogen-bond donors (Lipinski definition) is 2. The van der Waals surface area contributed by atoms with Crippen molar-refractivity contribution in [1.29, 1.82) is 0 Å². The normalized spacial score (nSPS) is 33.8. The Balaban J connectivity index is 2.68. The summed E-state index contributed by atoms with van der Waals surface area (Å²) >= 11 is 1.80. The molecule has 72 valence electrons. The van der Waals surface area contributed by atoms with Crippen LogP contribution >= 0.6 is 11.8 Å². The zero-order valence-electron chi connectivity index (χ0n) is 8.13. The van der Waals surface area contributed by atoms with Crippen LogP contribution in [0.3, 0.4) is 0 Å². The quantitative estimate of drug-likeness (QED) is 0.652. The van der Waals surface area contributed by atoms with Crippen LogP contribution in [0.5, 0.6) is 0 Å². The van der Waals surface area contributed by atoms with Crippen LogP contribution < -0.4 is 5.73 Å². The average Bonchev–Trinajstić information content (AvgIpc) is 2.34. The predicted octanol–water partition coefficient (Wildman–Crippen LogP) is 1.23. The van der Waals surface area contributed by atoms with Crippen LogP contribution in [0, 0.1) is 5.41 Å². The van der Waals surface area contributed by atoms with E-state index in [9.17, 15) is 5.11 Å². The van der Waals surface area contributed by atoms with Crippen molar-refractivity contribution >= 4 is 11.8 Å². The lowest BCUT2D eigenvalue weighted by molar-refractivity contribution is 0.00267. The van der Waals surface area contributed by atoms with Crippen molar-refractivity contribution in [2.75, 3.05) is 11.5 Å². The van der Waals surface area contributed by atoms with Gasteiger partial charge in [-0.2, -0.15) is 11.8 Å². The Morgan fingerprint density at radius 3 is 2.42 bits per heavy atom. The highest BCUT2D eigenvalue weighted by molar-refractivity contribution is 7.99. The molecule has 1 saturated heterocycles. The van der Waals surface area contributed by atoms with Crippen LogP contribution in [0.15, 0.2) is 0 Å². The first-order valence-corrected chi connectivity index (χ1v) is 5.57. The molecule has 0 amide bonds. The molecule has 0 aromatic rings. The fraction of sp³-hybridized carbons (Fsp3) is 1.00. The molecular weight excluding hydrogens is 170 g/mol. The van der Waals surface area contributed by atoms with E-state index in [0.717, 1.165) is 17.9 Å². The molecule has 1 aliphatic heterocycles. The fourth-order valence-corrected chi connectivity index (χ4v) is 2.94. The number of nitrogens with two attached hydrogens (primary N) is 1. The Hall–Kier alpha value is 0.270. The molecule has 0 bridgehead atoms. The van der Waals surface area contributed by atoms with Gasteiger partial charge >= 0.3 is 0 Å². The lowest BCUT2D eigenvalue weighted by Gasteiger charge is -2.38. The SMILES string of the molecule is CC(C)(C)C(N)C1(O)CCSC1. The van der Waals surface area contributed by atoms with Gasteiger partial charge in [0.05, 0.1) is 5.60 Å². The van der Waals surface area contributed by atoms with Crippen LogP contribution in [-0.2, 0) is 0 Å². The van der Waals surface area contributed by atoms with Gasteiger partial charge in [-0.15, -0.1) is 0 Å². The van der Waals surface area contributed by atoms with Crippen LogP contribution in [0.2, 0.25) is 0 Å². The molecule has 0 spiro atoms. The minimum Gasteiger partial charge on any atom is -0.387 e. The molecule has 0 aromatic carbocycles. The molecule has 0 aliphatic carbocycles. The lowest BCUT2D eigenvalue weighted by Crippen LogP contribution is -2.55. The van der Waals surface area contributed by atoms with E-state index in [1.54, 1.807) is 11.8 Å². The molecule has 1 rings (SSSR count). The van der Waals surface area contributed by atoms with Crippen LogP contribution in [0.1, 0.15) is 27.2 Å². The average molecular weight is 189 g/mol. The van der Waals surface area contributed by atoms with Gasteiger partial charge < -0.3 is 10.8 Å². The highest BCUT2D eigenvalue weighted by Gasteiger charge is 2.43. The van der Waals surface area contributed by atoms with E-state index in [4.69, 9.17) is 5.73 Å². The van der Waals surface area contributed by atoms with Gasteiger partial charge in [0.25, 0.3) is 0 Å². The largest absolute Gasteiger partial charge is 0.387 e. The topological polar surface area (TPSA) is 46.2 Å². The summed E-state index contributed by atoms with van der Waals surface area (Å²) in [6, 6.07) is -0.111. The summed E-state index contributed by atoms with van der Waals surface area (Å²) in [5.74, 6) is 1.84. The van der Waals surface area contributed by atoms with E-state index < -0.39 is 5.60 Å². The maximum Gasteiger partial charge on any atom is 0.0900 e. The molecule has 0 aromatic heterocycles. The van der Waals surface area contributed by atoms with Gasteiger partial charge in [0.1, 0.15) is 0 Å². The first kappa shape index (κ1) is 10.4. The van der Waals surface area contributed by atoms with Gasteiger partial charge in [-0.3, -0.25) is 0 Å². The zero-order chi connectivity index (χ0) is 9.41. The molecular formula is C9H19NOS. The van der Waals surface area contributed by atoms with Gasteiger partial charge in [0.2, 0.25) is 0 Å². The first-order chi connectivity index (χ1) is 5.36. The smallest absolute Gasteiger partial charge is 0.0900 e. The summed E-state index contributed by atoms with van der Waals surface area (Å²) in [5, 5.41) is 10.1. The monoisotopic (exact) mass is 189 g/mol. The Morgan fingerprint density at radius 2 is 2.08 bits per heavy atom. The highest BCUT2D eigenvalue weighted by atomic mass is 32.2. The first-order valence-electron chi connectivity index (χ1n) is 4.42. The van der Waals surface area contributed by atoms with Crippen molar-refractivity contribution in [2.24, 2.45) is 11.1 Å². The summed E-state index contributed by atoms with van der Waals surface area (Å²) in [6.45, 7) is 6.25. The van der Waals surface area contributed by atoms with Crippen LogP contribution in [0.25, 0.3) is 0 Å². The van der Waals surface area contributed by atoms with Crippen molar-refractivity contribution in [3.63, 3.8) is 0 Å². The molecule has 1 heterocycles. The Kier molecular flexibility index (Phi) is 2.76. The summed E-state index contributed by atoms with van der Waals surface area (Å²) in [4.78, 5) is 0. The van der Waals surface area contributed by atoms with Gasteiger partial charge in [0.15, 0.2) is 0 Å². The van der Waals surface area contributed by atoms with Crippen molar-refractivity contribution < 1.29 is 5.11 Å². The Labute approximate surface area is 78.9 Å². The number of thioether (sulfide) groups is 1. The summed E-state index contributed by atoms with van der Waals surface area (Å²) in [5.41, 5.74) is 5.40. The van der Waals surface area contributed by atoms with Crippen molar-refractivity contribution in [1.82, 2.24) is 0 Å². The minimum atomic E-state index is -0.622. The maximum absolute atomic E-state index is 10.1. The summed E-state index contributed by atoms with van der Waals surface area (Å²) in [7, 11) is 0. The molecule has 0 radical (unpaired) electrons. The molecule has 2 atom stereocenters. The third-order valence-electron chi connectivity index (χ3n) is 2.54.